The van der Waals surface area contributed by atoms with Gasteiger partial charge in [-0.2, -0.15) is 13.2 Å². The SMILES string of the molecule is NS(=O)(=O)c1ccc(C2=CC(CO)(CO)C=C2c2ccc(C(F)(F)F)nc2)cc1. The number of hydrogen-bond donors (Lipinski definition) is 3. The van der Waals surface area contributed by atoms with Crippen LogP contribution < -0.4 is 5.14 Å². The van der Waals surface area contributed by atoms with E-state index in [1.807, 2.05) is 0 Å². The van der Waals surface area contributed by atoms with Crippen LogP contribution in [0, 0.1) is 5.41 Å². The van der Waals surface area contributed by atoms with E-state index in [1.54, 1.807) is 12.2 Å². The van der Waals surface area contributed by atoms with Gasteiger partial charge in [0.1, 0.15) is 5.69 Å². The Kier molecular flexibility index (Phi) is 5.39. The van der Waals surface area contributed by atoms with Crippen molar-refractivity contribution in [2.75, 3.05) is 13.2 Å². The van der Waals surface area contributed by atoms with Crippen LogP contribution in [0.5, 0.6) is 0 Å². The zero-order valence-corrected chi connectivity index (χ0v) is 15.7. The molecule has 154 valence electrons. The Hall–Kier alpha value is -2.53. The number of nitrogens with two attached hydrogens (primary N) is 1. The maximum atomic E-state index is 12.8. The summed E-state index contributed by atoms with van der Waals surface area (Å²) >= 11 is 0. The van der Waals surface area contributed by atoms with Gasteiger partial charge in [0.2, 0.25) is 10.0 Å². The van der Waals surface area contributed by atoms with Crippen molar-refractivity contribution in [2.24, 2.45) is 10.6 Å². The third kappa shape index (κ3) is 4.25. The highest BCUT2D eigenvalue weighted by atomic mass is 32.2. The molecule has 1 aromatic carbocycles. The molecule has 0 amide bonds. The lowest BCUT2D eigenvalue weighted by Crippen LogP contribution is -2.23. The molecule has 10 heteroatoms. The van der Waals surface area contributed by atoms with Gasteiger partial charge < -0.3 is 10.2 Å². The van der Waals surface area contributed by atoms with E-state index >= 15 is 0 Å². The average Bonchev–Trinajstić information content (AvgIpc) is 3.07. The Morgan fingerprint density at radius 3 is 1.86 bits per heavy atom. The number of hydrogen-bond acceptors (Lipinski definition) is 5. The number of rotatable bonds is 5. The van der Waals surface area contributed by atoms with E-state index in [2.05, 4.69) is 4.98 Å². The van der Waals surface area contributed by atoms with Crippen LogP contribution in [0.25, 0.3) is 11.1 Å². The molecule has 4 N–H and O–H groups in total. The van der Waals surface area contributed by atoms with Crippen LogP contribution in [-0.2, 0) is 16.2 Å². The largest absolute Gasteiger partial charge is 0.433 e. The fourth-order valence-electron chi connectivity index (χ4n) is 3.03. The van der Waals surface area contributed by atoms with Crippen LogP contribution in [0.1, 0.15) is 16.8 Å². The van der Waals surface area contributed by atoms with Crippen LogP contribution in [-0.4, -0.2) is 36.8 Å². The lowest BCUT2D eigenvalue weighted by atomic mass is 9.92. The van der Waals surface area contributed by atoms with Crippen LogP contribution in [0.3, 0.4) is 0 Å². The second-order valence-electron chi connectivity index (χ2n) is 6.66. The summed E-state index contributed by atoms with van der Waals surface area (Å²) in [6, 6.07) is 7.66. The van der Waals surface area contributed by atoms with Crippen molar-refractivity contribution in [1.29, 1.82) is 0 Å². The predicted octanol–water partition coefficient (Wildman–Crippen LogP) is 2.20. The molecule has 6 nitrogen and oxygen atoms in total. The normalized spacial score (nSPS) is 16.5. The van der Waals surface area contributed by atoms with E-state index in [0.717, 1.165) is 12.3 Å². The standard InChI is InChI=1S/C19H17F3N2O4S/c20-19(21,22)17-6-3-13(9-24-17)16-8-18(10-25,11-26)7-15(16)12-1-4-14(5-2-12)29(23,27)28/h1-9,25-26H,10-11H2,(H2,23,27,28). The van der Waals surface area contributed by atoms with Crippen molar-refractivity contribution in [3.63, 3.8) is 0 Å². The molecule has 2 aromatic rings. The molecule has 29 heavy (non-hydrogen) atoms. The minimum absolute atomic E-state index is 0.0999. The van der Waals surface area contributed by atoms with Crippen molar-refractivity contribution in [1.82, 2.24) is 4.98 Å². The van der Waals surface area contributed by atoms with Crippen LogP contribution in [0.2, 0.25) is 0 Å². The van der Waals surface area contributed by atoms with Gasteiger partial charge in [0.25, 0.3) is 0 Å². The first-order valence-electron chi connectivity index (χ1n) is 8.34. The fourth-order valence-corrected chi connectivity index (χ4v) is 3.54. The minimum Gasteiger partial charge on any atom is -0.395 e. The van der Waals surface area contributed by atoms with Gasteiger partial charge in [0.05, 0.1) is 23.5 Å². The van der Waals surface area contributed by atoms with Crippen LogP contribution in [0.4, 0.5) is 13.2 Å². The fraction of sp³-hybridized carbons (Fsp3) is 0.211. The van der Waals surface area contributed by atoms with Gasteiger partial charge in [0, 0.05) is 11.8 Å². The number of pyridine rings is 1. The third-order valence-electron chi connectivity index (χ3n) is 4.60. The van der Waals surface area contributed by atoms with Gasteiger partial charge >= 0.3 is 6.18 Å². The van der Waals surface area contributed by atoms with Crippen molar-refractivity contribution < 1.29 is 31.8 Å². The second-order valence-corrected chi connectivity index (χ2v) is 8.23. The van der Waals surface area contributed by atoms with Crippen molar-refractivity contribution in [2.45, 2.75) is 11.1 Å². The third-order valence-corrected chi connectivity index (χ3v) is 5.53. The van der Waals surface area contributed by atoms with Gasteiger partial charge in [-0.1, -0.05) is 30.4 Å². The smallest absolute Gasteiger partial charge is 0.395 e. The number of primary sulfonamides is 1. The van der Waals surface area contributed by atoms with Crippen molar-refractivity contribution in [3.05, 3.63) is 71.6 Å². The molecule has 1 aliphatic rings. The quantitative estimate of drug-likeness (QED) is 0.678. The zero-order chi connectivity index (χ0) is 21.4. The van der Waals surface area contributed by atoms with E-state index in [0.29, 0.717) is 22.3 Å². The average molecular weight is 426 g/mol. The topological polar surface area (TPSA) is 114 Å². The number of aromatic nitrogens is 1. The molecule has 0 unspecified atom stereocenters. The maximum absolute atomic E-state index is 12.8. The summed E-state index contributed by atoms with van der Waals surface area (Å²) in [5.74, 6) is 0. The van der Waals surface area contributed by atoms with E-state index in [1.165, 1.54) is 30.3 Å². The summed E-state index contributed by atoms with van der Waals surface area (Å²) < 4.78 is 61.3. The summed E-state index contributed by atoms with van der Waals surface area (Å²) in [5.41, 5.74) is -0.311. The molecule has 0 spiro atoms. The van der Waals surface area contributed by atoms with Gasteiger partial charge in [0.15, 0.2) is 0 Å². The lowest BCUT2D eigenvalue weighted by molar-refractivity contribution is -0.141. The van der Waals surface area contributed by atoms with Crippen LogP contribution in [0.15, 0.2) is 59.6 Å². The summed E-state index contributed by atoms with van der Waals surface area (Å²) in [4.78, 5) is 3.35. The molecule has 0 saturated heterocycles. The zero-order valence-electron chi connectivity index (χ0n) is 14.9. The molecular formula is C19H17F3N2O4S. The van der Waals surface area contributed by atoms with Gasteiger partial charge in [-0.3, -0.25) is 4.98 Å². The first-order chi connectivity index (χ1) is 13.5. The predicted molar refractivity (Wildman–Crippen MR) is 99.6 cm³/mol. The number of aliphatic hydroxyl groups is 2. The first-order valence-corrected chi connectivity index (χ1v) is 9.88. The first kappa shape index (κ1) is 21.2. The van der Waals surface area contributed by atoms with E-state index in [-0.39, 0.29) is 4.90 Å². The molecule has 0 saturated carbocycles. The highest BCUT2D eigenvalue weighted by Crippen LogP contribution is 2.44. The minimum atomic E-state index is -4.58. The number of nitrogens with zero attached hydrogens (tertiary/aromatic N) is 1. The molecule has 0 aliphatic heterocycles. The number of allylic oxidation sites excluding steroid dienone is 2. The Bertz CT molecular complexity index is 1070. The Balaban J connectivity index is 2.08. The maximum Gasteiger partial charge on any atom is 0.433 e. The van der Waals surface area contributed by atoms with E-state index in [4.69, 9.17) is 5.14 Å². The number of alkyl halides is 3. The molecule has 1 heterocycles. The van der Waals surface area contributed by atoms with Crippen molar-refractivity contribution in [3.8, 4) is 0 Å². The van der Waals surface area contributed by atoms with Crippen molar-refractivity contribution >= 4 is 21.2 Å². The molecule has 0 atom stereocenters. The molecule has 0 fully saturated rings. The monoisotopic (exact) mass is 426 g/mol. The molecule has 0 radical (unpaired) electrons. The number of benzene rings is 1. The van der Waals surface area contributed by atoms with E-state index < -0.39 is 40.5 Å². The van der Waals surface area contributed by atoms with Gasteiger partial charge in [-0.05, 0) is 34.9 Å². The highest BCUT2D eigenvalue weighted by Gasteiger charge is 2.34. The van der Waals surface area contributed by atoms with Crippen LogP contribution >= 0.6 is 0 Å². The molecular weight excluding hydrogens is 409 g/mol. The number of sulfonamides is 1. The summed E-state index contributed by atoms with van der Waals surface area (Å²) in [7, 11) is -3.89. The highest BCUT2D eigenvalue weighted by molar-refractivity contribution is 7.89. The second kappa shape index (κ2) is 7.38. The summed E-state index contributed by atoms with van der Waals surface area (Å²) in [6.07, 6.45) is -0.372. The number of aliphatic hydroxyl groups excluding tert-OH is 2. The molecule has 1 aliphatic carbocycles. The van der Waals surface area contributed by atoms with Gasteiger partial charge in [-0.15, -0.1) is 0 Å². The number of halogens is 3. The molecule has 0 bridgehead atoms. The van der Waals surface area contributed by atoms with Gasteiger partial charge in [-0.25, -0.2) is 13.6 Å². The molecule has 3 rings (SSSR count). The Labute approximate surface area is 164 Å². The lowest BCUT2D eigenvalue weighted by Gasteiger charge is -2.18. The summed E-state index contributed by atoms with van der Waals surface area (Å²) in [5, 5.41) is 24.6. The summed E-state index contributed by atoms with van der Waals surface area (Å²) in [6.45, 7) is -0.861. The Morgan fingerprint density at radius 1 is 0.931 bits per heavy atom. The molecule has 1 aromatic heterocycles. The van der Waals surface area contributed by atoms with E-state index in [9.17, 15) is 31.8 Å². The Morgan fingerprint density at radius 2 is 1.45 bits per heavy atom.